The molecule has 2 aliphatic heterocycles. The molecule has 41 heavy (non-hydrogen) atoms. The van der Waals surface area contributed by atoms with E-state index in [4.69, 9.17) is 4.74 Å². The zero-order valence-electron chi connectivity index (χ0n) is 24.0. The van der Waals surface area contributed by atoms with Crippen LogP contribution in [-0.4, -0.2) is 66.4 Å². The van der Waals surface area contributed by atoms with E-state index in [0.717, 1.165) is 80.8 Å². The Morgan fingerprint density at radius 2 is 1.68 bits per heavy atom. The van der Waals surface area contributed by atoms with Crippen LogP contribution >= 0.6 is 11.8 Å². The lowest BCUT2D eigenvalue weighted by atomic mass is 9.95. The van der Waals surface area contributed by atoms with Gasteiger partial charge in [-0.2, -0.15) is 0 Å². The van der Waals surface area contributed by atoms with Gasteiger partial charge in [0.25, 0.3) is 5.56 Å². The first kappa shape index (κ1) is 27.7. The average Bonchev–Trinajstić information content (AvgIpc) is 3.82. The Labute approximate surface area is 244 Å². The van der Waals surface area contributed by atoms with E-state index in [1.165, 1.54) is 29.6 Å². The quantitative estimate of drug-likeness (QED) is 0.396. The van der Waals surface area contributed by atoms with Crippen LogP contribution in [0.15, 0.2) is 67.9 Å². The number of carbonyl (C=O) groups is 1. The zero-order chi connectivity index (χ0) is 28.7. The molecule has 1 aliphatic carbocycles. The van der Waals surface area contributed by atoms with Crippen molar-refractivity contribution in [3.63, 3.8) is 0 Å². The third-order valence-electron chi connectivity index (χ3n) is 8.77. The number of anilines is 3. The molecule has 2 fully saturated rings. The van der Waals surface area contributed by atoms with Gasteiger partial charge in [0.1, 0.15) is 5.82 Å². The van der Waals surface area contributed by atoms with E-state index < -0.39 is 5.41 Å². The van der Waals surface area contributed by atoms with Crippen molar-refractivity contribution < 1.29 is 9.53 Å². The standard InChI is InChI=1S/C31H37N5O4S/c1-32-27(21-28(37)33(2)30(32)39)35-16-6-14-34(18-19-35)15-7-17-36-23-8-4-5-9-25(23)41-26-11-10-22(20-24(26)36)31(12-13-31)29(38)40-3/h4-5,8-11,20-21H,6-7,12-19H2,1-3H3. The molecule has 0 amide bonds. The highest BCUT2D eigenvalue weighted by Gasteiger charge is 2.52. The molecule has 0 unspecified atom stereocenters. The van der Waals surface area contributed by atoms with E-state index >= 15 is 0 Å². The molecule has 3 heterocycles. The van der Waals surface area contributed by atoms with Gasteiger partial charge in [-0.05, 0) is 68.6 Å². The SMILES string of the molecule is COC(=O)C1(c2ccc3c(c2)N(CCCN2CCCN(c4cc(=O)n(C)c(=O)n4C)CC2)c2ccccc2S3)CC1. The third-order valence-corrected chi connectivity index (χ3v) is 9.90. The summed E-state index contributed by atoms with van der Waals surface area (Å²) in [7, 11) is 4.72. The Hall–Kier alpha value is -3.50. The molecule has 0 N–H and O–H groups in total. The summed E-state index contributed by atoms with van der Waals surface area (Å²) >= 11 is 1.78. The number of nitrogens with zero attached hydrogens (tertiary/aromatic N) is 5. The van der Waals surface area contributed by atoms with Crippen LogP contribution < -0.4 is 21.0 Å². The molecule has 0 atom stereocenters. The summed E-state index contributed by atoms with van der Waals surface area (Å²) in [4.78, 5) is 46.9. The Morgan fingerprint density at radius 3 is 2.46 bits per heavy atom. The maximum atomic E-state index is 12.6. The number of para-hydroxylation sites is 1. The van der Waals surface area contributed by atoms with Crippen LogP contribution in [0.5, 0.6) is 0 Å². The van der Waals surface area contributed by atoms with E-state index in [1.807, 2.05) is 0 Å². The molecule has 0 radical (unpaired) electrons. The van der Waals surface area contributed by atoms with Gasteiger partial charge in [-0.3, -0.25) is 18.7 Å². The van der Waals surface area contributed by atoms with Crippen LogP contribution in [0.25, 0.3) is 0 Å². The summed E-state index contributed by atoms with van der Waals surface area (Å²) in [5.74, 6) is 0.550. The monoisotopic (exact) mass is 575 g/mol. The maximum absolute atomic E-state index is 12.6. The molecule has 2 aromatic carbocycles. The van der Waals surface area contributed by atoms with Gasteiger partial charge in [0.15, 0.2) is 0 Å². The number of carbonyl (C=O) groups excluding carboxylic acids is 1. The van der Waals surface area contributed by atoms with Crippen molar-refractivity contribution in [1.29, 1.82) is 0 Å². The number of benzene rings is 2. The molecule has 1 saturated carbocycles. The fourth-order valence-corrected chi connectivity index (χ4v) is 7.28. The molecule has 3 aliphatic rings. The van der Waals surface area contributed by atoms with Gasteiger partial charge >= 0.3 is 11.7 Å². The maximum Gasteiger partial charge on any atom is 0.332 e. The molecule has 6 rings (SSSR count). The highest BCUT2D eigenvalue weighted by Crippen LogP contribution is 2.53. The van der Waals surface area contributed by atoms with E-state index in [2.05, 4.69) is 57.2 Å². The van der Waals surface area contributed by atoms with Crippen molar-refractivity contribution >= 4 is 34.9 Å². The summed E-state index contributed by atoms with van der Waals surface area (Å²) in [5, 5.41) is 0. The molecule has 1 aromatic heterocycles. The van der Waals surface area contributed by atoms with Crippen LogP contribution in [0.3, 0.4) is 0 Å². The van der Waals surface area contributed by atoms with E-state index in [0.29, 0.717) is 5.82 Å². The topological polar surface area (TPSA) is 80.0 Å². The average molecular weight is 576 g/mol. The third kappa shape index (κ3) is 5.08. The predicted molar refractivity (Wildman–Crippen MR) is 162 cm³/mol. The van der Waals surface area contributed by atoms with E-state index in [9.17, 15) is 14.4 Å². The van der Waals surface area contributed by atoms with E-state index in [1.54, 1.807) is 29.4 Å². The molecule has 1 saturated heterocycles. The summed E-state index contributed by atoms with van der Waals surface area (Å²) < 4.78 is 7.88. The Kier molecular flexibility index (Phi) is 7.46. The van der Waals surface area contributed by atoms with Gasteiger partial charge in [-0.1, -0.05) is 30.0 Å². The normalized spacial score (nSPS) is 17.9. The highest BCUT2D eigenvalue weighted by atomic mass is 32.2. The molecule has 3 aromatic rings. The Bertz CT molecular complexity index is 1590. The molecule has 0 bridgehead atoms. The molecule has 216 valence electrons. The lowest BCUT2D eigenvalue weighted by Gasteiger charge is -2.34. The lowest BCUT2D eigenvalue weighted by Crippen LogP contribution is -2.41. The van der Waals surface area contributed by atoms with E-state index in [-0.39, 0.29) is 17.2 Å². The molecule has 10 heteroatoms. The van der Waals surface area contributed by atoms with Crippen molar-refractivity contribution in [2.24, 2.45) is 14.1 Å². The van der Waals surface area contributed by atoms with Crippen molar-refractivity contribution in [3.8, 4) is 0 Å². The van der Waals surface area contributed by atoms with Crippen LogP contribution in [0.1, 0.15) is 31.2 Å². The van der Waals surface area contributed by atoms with Crippen LogP contribution in [0.2, 0.25) is 0 Å². The first-order valence-corrected chi connectivity index (χ1v) is 15.2. The number of ether oxygens (including phenoxy) is 1. The van der Waals surface area contributed by atoms with Gasteiger partial charge in [0, 0.05) is 56.1 Å². The van der Waals surface area contributed by atoms with Crippen molar-refractivity contribution in [1.82, 2.24) is 14.0 Å². The van der Waals surface area contributed by atoms with Gasteiger partial charge in [-0.15, -0.1) is 0 Å². The van der Waals surface area contributed by atoms with Gasteiger partial charge < -0.3 is 19.4 Å². The minimum absolute atomic E-state index is 0.140. The smallest absolute Gasteiger partial charge is 0.332 e. The number of rotatable bonds is 7. The van der Waals surface area contributed by atoms with Crippen molar-refractivity contribution in [3.05, 3.63) is 74.9 Å². The van der Waals surface area contributed by atoms with Crippen molar-refractivity contribution in [2.75, 3.05) is 56.2 Å². The first-order valence-electron chi connectivity index (χ1n) is 14.3. The number of hydrogen-bond acceptors (Lipinski definition) is 8. The second-order valence-corrected chi connectivity index (χ2v) is 12.3. The van der Waals surface area contributed by atoms with Crippen LogP contribution in [0, 0.1) is 0 Å². The number of methoxy groups -OCH3 is 1. The second-order valence-electron chi connectivity index (χ2n) is 11.3. The van der Waals surface area contributed by atoms with Crippen LogP contribution in [-0.2, 0) is 29.0 Å². The van der Waals surface area contributed by atoms with Gasteiger partial charge in [0.2, 0.25) is 0 Å². The second kappa shape index (κ2) is 11.1. The predicted octanol–water partition coefficient (Wildman–Crippen LogP) is 3.49. The Morgan fingerprint density at radius 1 is 0.902 bits per heavy atom. The van der Waals surface area contributed by atoms with Gasteiger partial charge in [-0.25, -0.2) is 4.79 Å². The lowest BCUT2D eigenvalue weighted by molar-refractivity contribution is -0.143. The van der Waals surface area contributed by atoms with Crippen molar-refractivity contribution in [2.45, 2.75) is 40.9 Å². The summed E-state index contributed by atoms with van der Waals surface area (Å²) in [5.41, 5.74) is 2.35. The number of aromatic nitrogens is 2. The number of fused-ring (bicyclic) bond motifs is 2. The highest BCUT2D eigenvalue weighted by molar-refractivity contribution is 7.99. The summed E-state index contributed by atoms with van der Waals surface area (Å²) in [6.07, 6.45) is 3.61. The number of esters is 1. The molecular weight excluding hydrogens is 538 g/mol. The molecule has 0 spiro atoms. The molecule has 9 nitrogen and oxygen atoms in total. The van der Waals surface area contributed by atoms with Crippen LogP contribution in [0.4, 0.5) is 17.2 Å². The Balaban J connectivity index is 1.16. The largest absolute Gasteiger partial charge is 0.468 e. The number of hydrogen-bond donors (Lipinski definition) is 0. The molecular formula is C31H37N5O4S. The van der Waals surface area contributed by atoms with Gasteiger partial charge in [0.05, 0.1) is 23.9 Å². The first-order chi connectivity index (χ1) is 19.8. The fourth-order valence-electron chi connectivity index (χ4n) is 6.20. The summed E-state index contributed by atoms with van der Waals surface area (Å²) in [6.45, 7) is 5.25. The minimum atomic E-state index is -0.499. The summed E-state index contributed by atoms with van der Waals surface area (Å²) in [6, 6.07) is 16.6. The zero-order valence-corrected chi connectivity index (χ0v) is 24.8. The fraction of sp³-hybridized carbons (Fsp3) is 0.452. The minimum Gasteiger partial charge on any atom is -0.468 e.